The summed E-state index contributed by atoms with van der Waals surface area (Å²) in [5, 5.41) is 8.51. The van der Waals surface area contributed by atoms with Gasteiger partial charge in [0, 0.05) is 12.5 Å². The van der Waals surface area contributed by atoms with Crippen molar-refractivity contribution < 1.29 is 18.3 Å². The molecule has 7 nitrogen and oxygen atoms in total. The second-order valence-corrected chi connectivity index (χ2v) is 5.82. The van der Waals surface area contributed by atoms with Gasteiger partial charge in [-0.05, 0) is 26.7 Å². The van der Waals surface area contributed by atoms with Gasteiger partial charge in [0.15, 0.2) is 5.03 Å². The van der Waals surface area contributed by atoms with Crippen molar-refractivity contribution in [2.24, 2.45) is 0 Å². The number of hydrogen-bond donors (Lipinski definition) is 3. The summed E-state index contributed by atoms with van der Waals surface area (Å²) >= 11 is 0. The van der Waals surface area contributed by atoms with Gasteiger partial charge in [-0.2, -0.15) is 0 Å². The van der Waals surface area contributed by atoms with Gasteiger partial charge in [0.2, 0.25) is 0 Å². The van der Waals surface area contributed by atoms with Crippen molar-refractivity contribution in [2.75, 3.05) is 0 Å². The van der Waals surface area contributed by atoms with Crippen molar-refractivity contribution in [3.8, 4) is 0 Å². The molecule has 3 N–H and O–H groups in total. The Labute approximate surface area is 106 Å². The number of carbonyl (C=O) groups is 1. The Hall–Kier alpha value is -1.41. The molecule has 1 aromatic heterocycles. The smallest absolute Gasteiger partial charge is 0.303 e. The van der Waals surface area contributed by atoms with Gasteiger partial charge in [0.25, 0.3) is 10.0 Å². The van der Waals surface area contributed by atoms with E-state index in [2.05, 4.69) is 14.7 Å². The van der Waals surface area contributed by atoms with Crippen LogP contribution in [-0.2, 0) is 14.8 Å². The molecule has 0 bridgehead atoms. The molecule has 0 aliphatic rings. The van der Waals surface area contributed by atoms with Crippen LogP contribution in [0.5, 0.6) is 0 Å². The van der Waals surface area contributed by atoms with Crippen LogP contribution in [0, 0.1) is 6.92 Å². The fourth-order valence-corrected chi connectivity index (χ4v) is 2.73. The molecule has 1 rings (SSSR count). The number of aryl methyl sites for hydroxylation is 1. The minimum Gasteiger partial charge on any atom is -0.481 e. The summed E-state index contributed by atoms with van der Waals surface area (Å²) < 4.78 is 26.2. The molecular formula is C10H17N3O4S. The highest BCUT2D eigenvalue weighted by Crippen LogP contribution is 2.08. The van der Waals surface area contributed by atoms with Crippen LogP contribution in [0.1, 0.15) is 32.0 Å². The van der Waals surface area contributed by atoms with E-state index in [4.69, 9.17) is 5.11 Å². The first-order chi connectivity index (χ1) is 8.31. The van der Waals surface area contributed by atoms with Crippen LogP contribution < -0.4 is 4.72 Å². The van der Waals surface area contributed by atoms with Crippen LogP contribution >= 0.6 is 0 Å². The number of H-pyrrole nitrogens is 1. The summed E-state index contributed by atoms with van der Waals surface area (Å²) in [6.07, 6.45) is 2.19. The third kappa shape index (κ3) is 4.46. The zero-order chi connectivity index (χ0) is 13.8. The van der Waals surface area contributed by atoms with E-state index in [1.165, 1.54) is 6.20 Å². The molecule has 0 radical (unpaired) electrons. The quantitative estimate of drug-likeness (QED) is 0.676. The second kappa shape index (κ2) is 5.96. The summed E-state index contributed by atoms with van der Waals surface area (Å²) in [4.78, 5) is 16.8. The van der Waals surface area contributed by atoms with Crippen molar-refractivity contribution in [3.63, 3.8) is 0 Å². The maximum absolute atomic E-state index is 11.9. The minimum atomic E-state index is -3.60. The van der Waals surface area contributed by atoms with E-state index in [0.29, 0.717) is 18.7 Å². The van der Waals surface area contributed by atoms with Gasteiger partial charge in [0.05, 0.1) is 6.20 Å². The number of nitrogens with zero attached hydrogens (tertiary/aromatic N) is 1. The van der Waals surface area contributed by atoms with E-state index in [1.54, 1.807) is 13.8 Å². The van der Waals surface area contributed by atoms with Gasteiger partial charge in [-0.1, -0.05) is 0 Å². The van der Waals surface area contributed by atoms with Gasteiger partial charge in [-0.15, -0.1) is 0 Å². The van der Waals surface area contributed by atoms with Crippen LogP contribution in [0.2, 0.25) is 0 Å². The average Bonchev–Trinajstić information content (AvgIpc) is 2.64. The van der Waals surface area contributed by atoms with Gasteiger partial charge < -0.3 is 10.1 Å². The SMILES string of the molecule is Cc1ncc(S(=O)(=O)NC(C)CCCC(=O)O)[nH]1. The van der Waals surface area contributed by atoms with Crippen molar-refractivity contribution in [2.45, 2.75) is 44.2 Å². The Kier molecular flexibility index (Phi) is 4.85. The van der Waals surface area contributed by atoms with E-state index in [0.717, 1.165) is 0 Å². The van der Waals surface area contributed by atoms with Gasteiger partial charge in [-0.25, -0.2) is 18.1 Å². The van der Waals surface area contributed by atoms with Crippen molar-refractivity contribution >= 4 is 16.0 Å². The number of aromatic amines is 1. The van der Waals surface area contributed by atoms with Crippen LogP contribution in [0.15, 0.2) is 11.2 Å². The van der Waals surface area contributed by atoms with E-state index in [-0.39, 0.29) is 17.5 Å². The van der Waals surface area contributed by atoms with Gasteiger partial charge in [0.1, 0.15) is 5.82 Å². The van der Waals surface area contributed by atoms with E-state index in [1.807, 2.05) is 0 Å². The predicted molar refractivity (Wildman–Crippen MR) is 64.6 cm³/mol. The largest absolute Gasteiger partial charge is 0.481 e. The molecule has 18 heavy (non-hydrogen) atoms. The first-order valence-corrected chi connectivity index (χ1v) is 7.05. The zero-order valence-corrected chi connectivity index (χ0v) is 11.1. The third-order valence-electron chi connectivity index (χ3n) is 2.35. The predicted octanol–water partition coefficient (Wildman–Crippen LogP) is 0.640. The first-order valence-electron chi connectivity index (χ1n) is 5.57. The third-order valence-corrected chi connectivity index (χ3v) is 3.85. The average molecular weight is 275 g/mol. The minimum absolute atomic E-state index is 0.0186. The number of aliphatic carboxylic acids is 1. The van der Waals surface area contributed by atoms with E-state index >= 15 is 0 Å². The highest BCUT2D eigenvalue weighted by molar-refractivity contribution is 7.89. The zero-order valence-electron chi connectivity index (χ0n) is 10.3. The van der Waals surface area contributed by atoms with E-state index < -0.39 is 16.0 Å². The molecule has 0 fully saturated rings. The topological polar surface area (TPSA) is 112 Å². The summed E-state index contributed by atoms with van der Waals surface area (Å²) in [7, 11) is -3.60. The maximum Gasteiger partial charge on any atom is 0.303 e. The van der Waals surface area contributed by atoms with E-state index in [9.17, 15) is 13.2 Å². The summed E-state index contributed by atoms with van der Waals surface area (Å²) in [5.74, 6) is -0.358. The molecular weight excluding hydrogens is 258 g/mol. The maximum atomic E-state index is 11.9. The van der Waals surface area contributed by atoms with Gasteiger partial charge in [-0.3, -0.25) is 4.79 Å². The fourth-order valence-electron chi connectivity index (χ4n) is 1.48. The van der Waals surface area contributed by atoms with Crippen molar-refractivity contribution in [1.29, 1.82) is 0 Å². The number of carboxylic acid groups (broad SMARTS) is 1. The standard InChI is InChI=1S/C10H17N3O4S/c1-7(4-3-5-10(14)15)13-18(16,17)9-6-11-8(2)12-9/h6-7,13H,3-5H2,1-2H3,(H,11,12)(H,14,15). The Balaban J connectivity index is 2.53. The Bertz CT molecular complexity index is 509. The number of sulfonamides is 1. The Morgan fingerprint density at radius 2 is 2.28 bits per heavy atom. The molecule has 0 aliphatic carbocycles. The molecule has 0 saturated heterocycles. The number of rotatable bonds is 7. The van der Waals surface area contributed by atoms with Crippen molar-refractivity contribution in [3.05, 3.63) is 12.0 Å². The normalized spacial score (nSPS) is 13.4. The van der Waals surface area contributed by atoms with Gasteiger partial charge >= 0.3 is 5.97 Å². The molecule has 0 spiro atoms. The molecule has 0 saturated carbocycles. The lowest BCUT2D eigenvalue weighted by molar-refractivity contribution is -0.137. The number of hydrogen-bond acceptors (Lipinski definition) is 4. The number of nitrogens with one attached hydrogen (secondary N) is 2. The molecule has 0 amide bonds. The molecule has 1 aromatic rings. The summed E-state index contributed by atoms with van der Waals surface area (Å²) in [6, 6.07) is -0.321. The molecule has 0 aliphatic heterocycles. The highest BCUT2D eigenvalue weighted by atomic mass is 32.2. The lowest BCUT2D eigenvalue weighted by atomic mass is 10.1. The lowest BCUT2D eigenvalue weighted by Crippen LogP contribution is -2.32. The molecule has 1 heterocycles. The van der Waals surface area contributed by atoms with Crippen LogP contribution in [-0.4, -0.2) is 35.5 Å². The summed E-state index contributed by atoms with van der Waals surface area (Å²) in [6.45, 7) is 3.36. The number of aromatic nitrogens is 2. The lowest BCUT2D eigenvalue weighted by Gasteiger charge is -2.12. The fraction of sp³-hybridized carbons (Fsp3) is 0.600. The second-order valence-electron chi connectivity index (χ2n) is 4.14. The van der Waals surface area contributed by atoms with Crippen molar-refractivity contribution in [1.82, 2.24) is 14.7 Å². The summed E-state index contributed by atoms with van der Waals surface area (Å²) in [5.41, 5.74) is 0. The monoisotopic (exact) mass is 275 g/mol. The molecule has 1 unspecified atom stereocenters. The van der Waals surface area contributed by atoms with Crippen LogP contribution in [0.4, 0.5) is 0 Å². The Morgan fingerprint density at radius 3 is 2.78 bits per heavy atom. The molecule has 8 heteroatoms. The highest BCUT2D eigenvalue weighted by Gasteiger charge is 2.19. The Morgan fingerprint density at radius 1 is 1.61 bits per heavy atom. The molecule has 1 atom stereocenters. The molecule has 0 aromatic carbocycles. The number of imidazole rings is 1. The number of carboxylic acids is 1. The van der Waals surface area contributed by atoms with Crippen LogP contribution in [0.3, 0.4) is 0 Å². The first kappa shape index (κ1) is 14.7. The van der Waals surface area contributed by atoms with Crippen LogP contribution in [0.25, 0.3) is 0 Å². The molecule has 102 valence electrons.